The Morgan fingerprint density at radius 1 is 1.38 bits per heavy atom. The summed E-state index contributed by atoms with van der Waals surface area (Å²) < 4.78 is 0. The van der Waals surface area contributed by atoms with Crippen LogP contribution in [0.4, 0.5) is 0 Å². The minimum absolute atomic E-state index is 0.214. The average Bonchev–Trinajstić information content (AvgIpc) is 1.99. The first-order valence-electron chi connectivity index (χ1n) is 4.71. The van der Waals surface area contributed by atoms with E-state index in [0.717, 1.165) is 12.8 Å². The van der Waals surface area contributed by atoms with Crippen LogP contribution < -0.4 is 0 Å². The van der Waals surface area contributed by atoms with Crippen molar-refractivity contribution < 1.29 is 5.11 Å². The molecule has 0 rings (SSSR count). The molecule has 0 spiro atoms. The standard InChI is InChI=1S/C10H19ClOSi/c1-5-6-9(11)10(12)7-8-13(2,3)4/h9-10,12H,5-6H2,1-4H3/t9-,10+/m0/s1. The predicted octanol–water partition coefficient (Wildman–Crippen LogP) is 2.64. The molecule has 0 aliphatic carbocycles. The summed E-state index contributed by atoms with van der Waals surface area (Å²) in [6.45, 7) is 8.50. The van der Waals surface area contributed by atoms with Crippen LogP contribution in [0.1, 0.15) is 19.8 Å². The molecule has 0 saturated carbocycles. The topological polar surface area (TPSA) is 20.2 Å². The van der Waals surface area contributed by atoms with Gasteiger partial charge in [-0.05, 0) is 6.42 Å². The Labute approximate surface area is 87.5 Å². The highest BCUT2D eigenvalue weighted by atomic mass is 35.5. The first kappa shape index (κ1) is 13.0. The first-order valence-corrected chi connectivity index (χ1v) is 8.65. The summed E-state index contributed by atoms with van der Waals surface area (Å²) in [5, 5.41) is 9.31. The van der Waals surface area contributed by atoms with Gasteiger partial charge in [0.15, 0.2) is 0 Å². The van der Waals surface area contributed by atoms with Gasteiger partial charge >= 0.3 is 0 Å². The molecule has 0 radical (unpaired) electrons. The molecule has 0 amide bonds. The van der Waals surface area contributed by atoms with Crippen molar-refractivity contribution in [3.8, 4) is 11.5 Å². The third-order valence-electron chi connectivity index (χ3n) is 1.50. The van der Waals surface area contributed by atoms with Gasteiger partial charge in [0.05, 0.1) is 5.38 Å². The number of aliphatic hydroxyl groups excluding tert-OH is 1. The highest BCUT2D eigenvalue weighted by Gasteiger charge is 2.14. The van der Waals surface area contributed by atoms with E-state index >= 15 is 0 Å². The van der Waals surface area contributed by atoms with E-state index in [1.54, 1.807) is 0 Å². The number of hydrogen-bond acceptors (Lipinski definition) is 1. The maximum absolute atomic E-state index is 9.53. The highest BCUT2D eigenvalue weighted by Crippen LogP contribution is 2.09. The number of alkyl halides is 1. The van der Waals surface area contributed by atoms with Gasteiger partial charge in [0.2, 0.25) is 0 Å². The van der Waals surface area contributed by atoms with Crippen molar-refractivity contribution in [2.75, 3.05) is 0 Å². The molecule has 0 bridgehead atoms. The van der Waals surface area contributed by atoms with E-state index in [1.165, 1.54) is 0 Å². The molecule has 0 saturated heterocycles. The fourth-order valence-electron chi connectivity index (χ4n) is 0.815. The molecule has 1 N–H and O–H groups in total. The zero-order valence-corrected chi connectivity index (χ0v) is 10.7. The van der Waals surface area contributed by atoms with Crippen molar-refractivity contribution in [2.24, 2.45) is 0 Å². The largest absolute Gasteiger partial charge is 0.379 e. The zero-order valence-electron chi connectivity index (χ0n) is 8.89. The van der Waals surface area contributed by atoms with E-state index in [4.69, 9.17) is 11.6 Å². The summed E-state index contributed by atoms with van der Waals surface area (Å²) in [7, 11) is -1.37. The lowest BCUT2D eigenvalue weighted by molar-refractivity contribution is 0.222. The molecule has 2 atom stereocenters. The van der Waals surface area contributed by atoms with E-state index in [2.05, 4.69) is 31.1 Å². The Kier molecular flexibility index (Phi) is 5.71. The first-order chi connectivity index (χ1) is 5.87. The Bertz CT molecular complexity index is 199. The second-order valence-electron chi connectivity index (χ2n) is 4.27. The van der Waals surface area contributed by atoms with Gasteiger partial charge in [0, 0.05) is 0 Å². The summed E-state index contributed by atoms with van der Waals surface area (Å²) >= 11 is 5.92. The third kappa shape index (κ3) is 7.13. The number of rotatable bonds is 3. The lowest BCUT2D eigenvalue weighted by Crippen LogP contribution is -2.22. The summed E-state index contributed by atoms with van der Waals surface area (Å²) in [6, 6.07) is 0. The molecule has 0 fully saturated rings. The summed E-state index contributed by atoms with van der Waals surface area (Å²) in [5.41, 5.74) is 3.12. The Morgan fingerprint density at radius 3 is 2.31 bits per heavy atom. The van der Waals surface area contributed by atoms with Gasteiger partial charge < -0.3 is 5.11 Å². The van der Waals surface area contributed by atoms with Crippen LogP contribution >= 0.6 is 11.6 Å². The van der Waals surface area contributed by atoms with Crippen LogP contribution in [0.15, 0.2) is 0 Å². The van der Waals surface area contributed by atoms with Gasteiger partial charge in [-0.1, -0.05) is 38.9 Å². The lowest BCUT2D eigenvalue weighted by atomic mass is 10.2. The van der Waals surface area contributed by atoms with Crippen molar-refractivity contribution >= 4 is 19.7 Å². The Balaban J connectivity index is 4.10. The van der Waals surface area contributed by atoms with Crippen molar-refractivity contribution in [1.82, 2.24) is 0 Å². The summed E-state index contributed by atoms with van der Waals surface area (Å²) in [5.74, 6) is 2.84. The maximum atomic E-state index is 9.53. The predicted molar refractivity (Wildman–Crippen MR) is 61.7 cm³/mol. The molecule has 0 aromatic rings. The summed E-state index contributed by atoms with van der Waals surface area (Å²) in [6.07, 6.45) is 1.15. The zero-order chi connectivity index (χ0) is 10.5. The molecule has 3 heteroatoms. The minimum Gasteiger partial charge on any atom is -0.379 e. The van der Waals surface area contributed by atoms with Crippen molar-refractivity contribution in [1.29, 1.82) is 0 Å². The van der Waals surface area contributed by atoms with E-state index in [-0.39, 0.29) is 5.38 Å². The van der Waals surface area contributed by atoms with Crippen LogP contribution in [0.25, 0.3) is 0 Å². The van der Waals surface area contributed by atoms with Gasteiger partial charge in [-0.2, -0.15) is 0 Å². The van der Waals surface area contributed by atoms with Crippen LogP contribution in [0.5, 0.6) is 0 Å². The molecule has 1 nitrogen and oxygen atoms in total. The van der Waals surface area contributed by atoms with Gasteiger partial charge in [-0.3, -0.25) is 0 Å². The van der Waals surface area contributed by atoms with Crippen molar-refractivity contribution in [2.45, 2.75) is 50.9 Å². The molecule has 0 aliphatic rings. The van der Waals surface area contributed by atoms with E-state index in [0.29, 0.717) is 0 Å². The molecule has 13 heavy (non-hydrogen) atoms. The quantitative estimate of drug-likeness (QED) is 0.439. The smallest absolute Gasteiger partial charge is 0.130 e. The molecule has 0 aromatic carbocycles. The molecule has 0 unspecified atom stereocenters. The van der Waals surface area contributed by atoms with Crippen LogP contribution in [-0.2, 0) is 0 Å². The van der Waals surface area contributed by atoms with Gasteiger partial charge in [0.25, 0.3) is 0 Å². The summed E-state index contributed by atoms with van der Waals surface area (Å²) in [4.78, 5) is 0. The highest BCUT2D eigenvalue weighted by molar-refractivity contribution is 6.83. The van der Waals surface area contributed by atoms with Crippen LogP contribution in [0, 0.1) is 11.5 Å². The molecule has 76 valence electrons. The SMILES string of the molecule is CCC[C@H](Cl)[C@H](O)C#C[Si](C)(C)C. The Morgan fingerprint density at radius 2 is 1.92 bits per heavy atom. The third-order valence-corrected chi connectivity index (χ3v) is 2.85. The molecular weight excluding hydrogens is 200 g/mol. The van der Waals surface area contributed by atoms with Crippen LogP contribution in [0.3, 0.4) is 0 Å². The second kappa shape index (κ2) is 5.69. The van der Waals surface area contributed by atoms with Crippen LogP contribution in [0.2, 0.25) is 19.6 Å². The van der Waals surface area contributed by atoms with E-state index in [1.807, 2.05) is 6.92 Å². The minimum atomic E-state index is -1.37. The number of aliphatic hydroxyl groups is 1. The molecule has 0 aliphatic heterocycles. The number of hydrogen-bond donors (Lipinski definition) is 1. The van der Waals surface area contributed by atoms with Crippen LogP contribution in [-0.4, -0.2) is 24.7 Å². The van der Waals surface area contributed by atoms with Gasteiger partial charge in [0.1, 0.15) is 14.2 Å². The lowest BCUT2D eigenvalue weighted by Gasteiger charge is -2.11. The maximum Gasteiger partial charge on any atom is 0.130 e. The molecule has 0 heterocycles. The Hall–Kier alpha value is 0.0269. The van der Waals surface area contributed by atoms with Crippen molar-refractivity contribution in [3.63, 3.8) is 0 Å². The fourth-order valence-corrected chi connectivity index (χ4v) is 1.68. The van der Waals surface area contributed by atoms with E-state index in [9.17, 15) is 5.11 Å². The van der Waals surface area contributed by atoms with Crippen molar-refractivity contribution in [3.05, 3.63) is 0 Å². The number of halogens is 1. The molecule has 0 aromatic heterocycles. The van der Waals surface area contributed by atoms with Gasteiger partial charge in [-0.25, -0.2) is 0 Å². The monoisotopic (exact) mass is 218 g/mol. The fraction of sp³-hybridized carbons (Fsp3) is 0.800. The average molecular weight is 219 g/mol. The van der Waals surface area contributed by atoms with E-state index < -0.39 is 14.2 Å². The normalized spacial score (nSPS) is 15.8. The second-order valence-corrected chi connectivity index (χ2v) is 9.58. The molecular formula is C10H19ClOSi. The van der Waals surface area contributed by atoms with Gasteiger partial charge in [-0.15, -0.1) is 17.1 Å².